The lowest BCUT2D eigenvalue weighted by atomic mass is 9.92. The Labute approximate surface area is 143 Å². The molecule has 2 aromatic rings. The summed E-state index contributed by atoms with van der Waals surface area (Å²) in [6, 6.07) is 6.42. The van der Waals surface area contributed by atoms with Crippen molar-refractivity contribution < 1.29 is 13.9 Å². The Morgan fingerprint density at radius 2 is 1.88 bits per heavy atom. The largest absolute Gasteiger partial charge is 0.414 e. The number of benzene rings is 2. The van der Waals surface area contributed by atoms with Gasteiger partial charge in [-0.25, -0.2) is 9.18 Å². The van der Waals surface area contributed by atoms with Crippen LogP contribution in [0.2, 0.25) is 0 Å². The van der Waals surface area contributed by atoms with Gasteiger partial charge in [-0.1, -0.05) is 39.7 Å². The molecular weight excluding hydrogens is 305 g/mol. The van der Waals surface area contributed by atoms with Crippen molar-refractivity contribution in [1.29, 1.82) is 0 Å². The lowest BCUT2D eigenvalue weighted by Gasteiger charge is -2.16. The van der Waals surface area contributed by atoms with Gasteiger partial charge in [0.2, 0.25) is 0 Å². The highest BCUT2D eigenvalue weighted by molar-refractivity contribution is 5.93. The smallest absolute Gasteiger partial charge is 0.410 e. The third-order valence-corrected chi connectivity index (χ3v) is 3.41. The molecule has 24 heavy (non-hydrogen) atoms. The molecule has 0 N–H and O–H groups in total. The minimum atomic E-state index is -0.464. The average Bonchev–Trinajstić information content (AvgIpc) is 2.56. The monoisotopic (exact) mass is 329 g/mol. The van der Waals surface area contributed by atoms with Crippen molar-refractivity contribution in [2.45, 2.75) is 33.6 Å². The van der Waals surface area contributed by atoms with Crippen LogP contribution in [0.15, 0.2) is 24.3 Å². The number of carbonyl (C=O) groups excluding carboxylic acids is 1. The Morgan fingerprint density at radius 1 is 1.25 bits per heavy atom. The highest BCUT2D eigenvalue weighted by atomic mass is 19.1. The molecule has 2 rings (SSSR count). The first-order valence-electron chi connectivity index (χ1n) is 7.97. The van der Waals surface area contributed by atoms with E-state index in [1.54, 1.807) is 32.3 Å². The van der Waals surface area contributed by atoms with Crippen molar-refractivity contribution in [3.05, 3.63) is 41.2 Å². The summed E-state index contributed by atoms with van der Waals surface area (Å²) in [6.07, 6.45) is 5.00. The van der Waals surface area contributed by atoms with Gasteiger partial charge in [-0.05, 0) is 35.1 Å². The van der Waals surface area contributed by atoms with E-state index in [0.29, 0.717) is 11.1 Å². The molecule has 2 aromatic carbocycles. The number of nitrogens with zero attached hydrogens (tertiary/aromatic N) is 1. The maximum absolute atomic E-state index is 13.9. The topological polar surface area (TPSA) is 29.5 Å². The molecule has 0 fully saturated rings. The number of halogens is 1. The van der Waals surface area contributed by atoms with Gasteiger partial charge in [-0.2, -0.15) is 0 Å². The summed E-state index contributed by atoms with van der Waals surface area (Å²) in [5.74, 6) is 2.53. The average molecular weight is 329 g/mol. The zero-order chi connectivity index (χ0) is 18.4. The molecular formula is C20H24FNO2. The van der Waals surface area contributed by atoms with Crippen LogP contribution in [0.5, 0.6) is 5.75 Å². The van der Waals surface area contributed by atoms with Gasteiger partial charge >= 0.3 is 6.09 Å². The summed E-state index contributed by atoms with van der Waals surface area (Å²) in [5, 5.41) is 1.45. The molecule has 0 aliphatic rings. The van der Waals surface area contributed by atoms with E-state index in [1.807, 2.05) is 27.7 Å². The second-order valence-corrected chi connectivity index (χ2v) is 5.59. The van der Waals surface area contributed by atoms with Crippen LogP contribution in [0.4, 0.5) is 9.18 Å². The van der Waals surface area contributed by atoms with E-state index in [0.717, 1.165) is 10.9 Å². The number of fused-ring (bicyclic) bond motifs is 1. The Hall–Kier alpha value is -2.54. The van der Waals surface area contributed by atoms with E-state index >= 15 is 0 Å². The summed E-state index contributed by atoms with van der Waals surface area (Å²) in [4.78, 5) is 13.1. The first kappa shape index (κ1) is 19.5. The summed E-state index contributed by atoms with van der Waals surface area (Å²) in [5.41, 5.74) is 1.10. The molecule has 0 bridgehead atoms. The lowest BCUT2D eigenvalue weighted by molar-refractivity contribution is 0.172. The predicted octanol–water partition coefficient (Wildman–Crippen LogP) is 5.17. The van der Waals surface area contributed by atoms with Crippen molar-refractivity contribution in [2.24, 2.45) is 0 Å². The van der Waals surface area contributed by atoms with Gasteiger partial charge in [-0.3, -0.25) is 0 Å². The van der Waals surface area contributed by atoms with Crippen molar-refractivity contribution in [2.75, 3.05) is 14.1 Å². The summed E-state index contributed by atoms with van der Waals surface area (Å²) in [6.45, 7) is 7.97. The van der Waals surface area contributed by atoms with Crippen LogP contribution in [0, 0.1) is 18.2 Å². The van der Waals surface area contributed by atoms with Crippen molar-refractivity contribution >= 4 is 16.9 Å². The normalized spacial score (nSPS) is 9.96. The Balaban J connectivity index is 0.00000139. The highest BCUT2D eigenvalue weighted by Crippen LogP contribution is 2.33. The molecule has 0 heterocycles. The van der Waals surface area contributed by atoms with Crippen molar-refractivity contribution in [3.63, 3.8) is 0 Å². The van der Waals surface area contributed by atoms with Gasteiger partial charge in [0.25, 0.3) is 0 Å². The lowest BCUT2D eigenvalue weighted by Crippen LogP contribution is -2.25. The van der Waals surface area contributed by atoms with Gasteiger partial charge in [-0.15, -0.1) is 6.42 Å². The van der Waals surface area contributed by atoms with Crippen LogP contribution in [-0.2, 0) is 0 Å². The Bertz CT molecular complexity index is 773. The zero-order valence-corrected chi connectivity index (χ0v) is 15.1. The first-order chi connectivity index (χ1) is 11.3. The van der Waals surface area contributed by atoms with Gasteiger partial charge in [0.15, 0.2) is 0 Å². The summed E-state index contributed by atoms with van der Waals surface area (Å²) < 4.78 is 19.3. The third kappa shape index (κ3) is 4.05. The zero-order valence-electron chi connectivity index (χ0n) is 15.1. The molecule has 0 radical (unpaired) electrons. The number of hydrogen-bond acceptors (Lipinski definition) is 2. The number of terminal acetylenes is 1. The molecule has 0 aliphatic heterocycles. The number of hydrogen-bond donors (Lipinski definition) is 0. The van der Waals surface area contributed by atoms with E-state index in [1.165, 1.54) is 11.0 Å². The number of rotatable bonds is 2. The predicted molar refractivity (Wildman–Crippen MR) is 97.0 cm³/mol. The third-order valence-electron chi connectivity index (χ3n) is 3.41. The van der Waals surface area contributed by atoms with Crippen LogP contribution in [0.3, 0.4) is 0 Å². The molecule has 128 valence electrons. The molecule has 0 aromatic heterocycles. The van der Waals surface area contributed by atoms with Gasteiger partial charge in [0, 0.05) is 19.5 Å². The molecule has 0 unspecified atom stereocenters. The Morgan fingerprint density at radius 3 is 2.38 bits per heavy atom. The number of amides is 1. The molecule has 0 saturated heterocycles. The minimum absolute atomic E-state index is 0.106. The number of carbonyl (C=O) groups is 1. The van der Waals surface area contributed by atoms with Crippen LogP contribution < -0.4 is 4.74 Å². The standard InChI is InChI=1S/C18H18FNO2.C2H6/c1-6-14-16(19)8-7-12-9-13(22-18(21)20(4)5)10-15(11(2)3)17(12)14;1-2/h1,7-11H,2-5H3;1-2H3. The van der Waals surface area contributed by atoms with Crippen molar-refractivity contribution in [1.82, 2.24) is 4.90 Å². The van der Waals surface area contributed by atoms with Gasteiger partial charge in [0.1, 0.15) is 11.6 Å². The number of ether oxygens (including phenoxy) is 1. The van der Waals surface area contributed by atoms with Gasteiger partial charge < -0.3 is 9.64 Å². The fourth-order valence-corrected chi connectivity index (χ4v) is 2.29. The maximum Gasteiger partial charge on any atom is 0.414 e. The summed E-state index contributed by atoms with van der Waals surface area (Å²) in [7, 11) is 3.22. The van der Waals surface area contributed by atoms with Crippen LogP contribution in [0.1, 0.15) is 44.7 Å². The fraction of sp³-hybridized carbons (Fsp3) is 0.350. The molecule has 4 heteroatoms. The molecule has 0 saturated carbocycles. The van der Waals surface area contributed by atoms with E-state index in [9.17, 15) is 9.18 Å². The SMILES string of the molecule is C#Cc1c(F)ccc2cc(OC(=O)N(C)C)cc(C(C)C)c12.CC. The molecule has 0 aliphatic carbocycles. The Kier molecular flexibility index (Phi) is 6.79. The van der Waals surface area contributed by atoms with Crippen molar-refractivity contribution in [3.8, 4) is 18.1 Å². The maximum atomic E-state index is 13.9. The van der Waals surface area contributed by atoms with Crippen LogP contribution in [0.25, 0.3) is 10.8 Å². The summed E-state index contributed by atoms with van der Waals surface area (Å²) >= 11 is 0. The minimum Gasteiger partial charge on any atom is -0.410 e. The van der Waals surface area contributed by atoms with Crippen LogP contribution >= 0.6 is 0 Å². The van der Waals surface area contributed by atoms with E-state index in [4.69, 9.17) is 11.2 Å². The molecule has 0 spiro atoms. The second kappa shape index (κ2) is 8.35. The van der Waals surface area contributed by atoms with Crippen LogP contribution in [-0.4, -0.2) is 25.1 Å². The van der Waals surface area contributed by atoms with E-state index < -0.39 is 11.9 Å². The molecule has 1 amide bonds. The molecule has 0 atom stereocenters. The van der Waals surface area contributed by atoms with E-state index in [-0.39, 0.29) is 11.5 Å². The quantitative estimate of drug-likeness (QED) is 0.711. The van der Waals surface area contributed by atoms with E-state index in [2.05, 4.69) is 5.92 Å². The highest BCUT2D eigenvalue weighted by Gasteiger charge is 2.16. The second-order valence-electron chi connectivity index (χ2n) is 5.59. The fourth-order valence-electron chi connectivity index (χ4n) is 2.29. The van der Waals surface area contributed by atoms with Gasteiger partial charge in [0.05, 0.1) is 5.56 Å². The first-order valence-corrected chi connectivity index (χ1v) is 7.97. The molecule has 3 nitrogen and oxygen atoms in total.